The molecule has 0 bridgehead atoms. The molecule has 0 atom stereocenters. The average molecular weight is 336 g/mol. The monoisotopic (exact) mass is 336 g/mol. The van der Waals surface area contributed by atoms with Crippen LogP contribution in [0.2, 0.25) is 0 Å². The number of hydrogen-bond acceptors (Lipinski definition) is 5. The molecule has 2 aromatic heterocycles. The second kappa shape index (κ2) is 5.93. The van der Waals surface area contributed by atoms with Crippen molar-refractivity contribution >= 4 is 39.4 Å². The van der Waals surface area contributed by atoms with Gasteiger partial charge < -0.3 is 4.98 Å². The van der Waals surface area contributed by atoms with E-state index in [1.807, 2.05) is 36.4 Å². The number of nitrogens with zero attached hydrogens (tertiary/aromatic N) is 3. The van der Waals surface area contributed by atoms with Crippen LogP contribution in [0, 0.1) is 10.1 Å². The summed E-state index contributed by atoms with van der Waals surface area (Å²) < 4.78 is 0. The highest BCUT2D eigenvalue weighted by molar-refractivity contribution is 7.98. The summed E-state index contributed by atoms with van der Waals surface area (Å²) in [5.74, 6) is 0.637. The summed E-state index contributed by atoms with van der Waals surface area (Å²) in [6.07, 6.45) is 0. The van der Waals surface area contributed by atoms with Gasteiger partial charge in [0.25, 0.3) is 5.69 Å². The third-order valence-electron chi connectivity index (χ3n) is 3.68. The van der Waals surface area contributed by atoms with Gasteiger partial charge in [-0.05, 0) is 18.2 Å². The van der Waals surface area contributed by atoms with E-state index in [-0.39, 0.29) is 5.69 Å². The van der Waals surface area contributed by atoms with Crippen molar-refractivity contribution in [2.24, 2.45) is 0 Å². The Kier molecular flexibility index (Phi) is 3.62. The largest absolute Gasteiger partial charge is 0.333 e. The first kappa shape index (κ1) is 14.6. The number of nitro groups is 1. The fraction of sp³-hybridized carbons (Fsp3) is 0.0588. The molecule has 0 radical (unpaired) electrons. The van der Waals surface area contributed by atoms with Crippen molar-refractivity contribution < 1.29 is 4.92 Å². The third kappa shape index (κ3) is 2.69. The van der Waals surface area contributed by atoms with Crippen LogP contribution in [0.5, 0.6) is 0 Å². The quantitative estimate of drug-likeness (QED) is 0.341. The number of imidazole rings is 1. The van der Waals surface area contributed by atoms with Gasteiger partial charge >= 0.3 is 0 Å². The molecule has 0 amide bonds. The van der Waals surface area contributed by atoms with Crippen molar-refractivity contribution in [3.8, 4) is 0 Å². The number of thioether (sulfide) groups is 1. The fourth-order valence-electron chi connectivity index (χ4n) is 2.54. The molecule has 7 heteroatoms. The van der Waals surface area contributed by atoms with E-state index < -0.39 is 4.92 Å². The number of benzene rings is 2. The third-order valence-corrected chi connectivity index (χ3v) is 4.59. The SMILES string of the molecule is O=[N+]([O-])c1cccc2[nH]c(SCc3ccc4ccccc4n3)nc12. The number of nitro benzene ring substituents is 1. The predicted molar refractivity (Wildman–Crippen MR) is 94.1 cm³/mol. The van der Waals surface area contributed by atoms with Crippen LogP contribution in [0.3, 0.4) is 0 Å². The first-order valence-corrected chi connectivity index (χ1v) is 8.30. The standard InChI is InChI=1S/C17H12N4O2S/c22-21(23)15-7-3-6-14-16(15)20-17(19-14)24-10-12-9-8-11-4-1-2-5-13(11)18-12/h1-9H,10H2,(H,19,20). The van der Waals surface area contributed by atoms with Crippen LogP contribution in [0.4, 0.5) is 5.69 Å². The zero-order valence-corrected chi connectivity index (χ0v) is 13.3. The molecule has 0 aliphatic heterocycles. The van der Waals surface area contributed by atoms with Crippen LogP contribution in [0.1, 0.15) is 5.69 Å². The Bertz CT molecular complexity index is 1060. The van der Waals surface area contributed by atoms with Crippen molar-refractivity contribution in [3.05, 3.63) is 70.4 Å². The Morgan fingerprint density at radius 2 is 1.92 bits per heavy atom. The highest BCUT2D eigenvalue weighted by atomic mass is 32.2. The Hall–Kier alpha value is -2.93. The van der Waals surface area contributed by atoms with Crippen molar-refractivity contribution in [2.75, 3.05) is 0 Å². The number of pyridine rings is 1. The van der Waals surface area contributed by atoms with Gasteiger partial charge in [-0.15, -0.1) is 0 Å². The minimum Gasteiger partial charge on any atom is -0.333 e. The smallest absolute Gasteiger partial charge is 0.297 e. The van der Waals surface area contributed by atoms with Crippen LogP contribution in [-0.4, -0.2) is 19.9 Å². The number of non-ortho nitro benzene ring substituents is 1. The number of fused-ring (bicyclic) bond motifs is 2. The number of para-hydroxylation sites is 2. The number of H-pyrrole nitrogens is 1. The Morgan fingerprint density at radius 3 is 2.79 bits per heavy atom. The number of nitrogens with one attached hydrogen (secondary N) is 1. The van der Waals surface area contributed by atoms with Crippen LogP contribution in [0.15, 0.2) is 59.8 Å². The van der Waals surface area contributed by atoms with Gasteiger partial charge in [-0.2, -0.15) is 0 Å². The van der Waals surface area contributed by atoms with Crippen molar-refractivity contribution in [1.82, 2.24) is 15.0 Å². The molecule has 6 nitrogen and oxygen atoms in total. The molecule has 0 unspecified atom stereocenters. The molecule has 4 aromatic rings. The van der Waals surface area contributed by atoms with Crippen LogP contribution in [-0.2, 0) is 5.75 Å². The molecule has 118 valence electrons. The maximum Gasteiger partial charge on any atom is 0.297 e. The van der Waals surface area contributed by atoms with Gasteiger partial charge in [0, 0.05) is 17.2 Å². The minimum atomic E-state index is -0.414. The lowest BCUT2D eigenvalue weighted by atomic mass is 10.2. The average Bonchev–Trinajstić information content (AvgIpc) is 3.02. The molecule has 0 fully saturated rings. The lowest BCUT2D eigenvalue weighted by Gasteiger charge is -2.01. The first-order valence-electron chi connectivity index (χ1n) is 7.31. The highest BCUT2D eigenvalue weighted by Gasteiger charge is 2.15. The van der Waals surface area contributed by atoms with E-state index in [2.05, 4.69) is 15.0 Å². The predicted octanol–water partition coefficient (Wildman–Crippen LogP) is 4.31. The van der Waals surface area contributed by atoms with E-state index in [9.17, 15) is 10.1 Å². The molecular formula is C17H12N4O2S. The first-order chi connectivity index (χ1) is 11.7. The summed E-state index contributed by atoms with van der Waals surface area (Å²) >= 11 is 1.48. The lowest BCUT2D eigenvalue weighted by Crippen LogP contribution is -1.89. The van der Waals surface area contributed by atoms with Gasteiger partial charge in [-0.1, -0.05) is 42.1 Å². The summed E-state index contributed by atoms with van der Waals surface area (Å²) in [5.41, 5.74) is 2.96. The molecule has 0 aliphatic carbocycles. The second-order valence-electron chi connectivity index (χ2n) is 5.26. The highest BCUT2D eigenvalue weighted by Crippen LogP contribution is 2.28. The zero-order valence-electron chi connectivity index (χ0n) is 12.5. The maximum atomic E-state index is 11.1. The molecule has 2 heterocycles. The fourth-order valence-corrected chi connectivity index (χ4v) is 3.32. The van der Waals surface area contributed by atoms with Gasteiger partial charge in [-0.3, -0.25) is 15.1 Å². The van der Waals surface area contributed by atoms with Crippen molar-refractivity contribution in [1.29, 1.82) is 0 Å². The van der Waals surface area contributed by atoms with Gasteiger partial charge in [0.1, 0.15) is 0 Å². The topological polar surface area (TPSA) is 84.7 Å². The summed E-state index contributed by atoms with van der Waals surface area (Å²) in [6, 6.07) is 16.9. The summed E-state index contributed by atoms with van der Waals surface area (Å²) in [6.45, 7) is 0. The molecule has 2 aromatic carbocycles. The van der Waals surface area contributed by atoms with Crippen LogP contribution < -0.4 is 0 Å². The van der Waals surface area contributed by atoms with Crippen molar-refractivity contribution in [2.45, 2.75) is 10.9 Å². The number of aromatic amines is 1. The summed E-state index contributed by atoms with van der Waals surface area (Å²) in [4.78, 5) is 22.7. The Labute approximate surface area is 141 Å². The van der Waals surface area contributed by atoms with Gasteiger partial charge in [0.2, 0.25) is 0 Å². The molecule has 0 saturated carbocycles. The van der Waals surface area contributed by atoms with Gasteiger partial charge in [0.15, 0.2) is 10.7 Å². The van der Waals surface area contributed by atoms with E-state index in [1.165, 1.54) is 17.8 Å². The van der Waals surface area contributed by atoms with Crippen LogP contribution in [0.25, 0.3) is 21.9 Å². The molecule has 1 N–H and O–H groups in total. The van der Waals surface area contributed by atoms with E-state index in [4.69, 9.17) is 0 Å². The molecule has 0 aliphatic rings. The van der Waals surface area contributed by atoms with E-state index >= 15 is 0 Å². The van der Waals surface area contributed by atoms with E-state index in [0.717, 1.165) is 16.6 Å². The van der Waals surface area contributed by atoms with E-state index in [0.29, 0.717) is 21.9 Å². The van der Waals surface area contributed by atoms with Gasteiger partial charge in [0.05, 0.1) is 21.7 Å². The molecule has 0 saturated heterocycles. The number of aromatic nitrogens is 3. The zero-order chi connectivity index (χ0) is 16.5. The van der Waals surface area contributed by atoms with E-state index in [1.54, 1.807) is 12.1 Å². The molecule has 24 heavy (non-hydrogen) atoms. The molecule has 0 spiro atoms. The normalized spacial score (nSPS) is 11.2. The van der Waals surface area contributed by atoms with Crippen molar-refractivity contribution in [3.63, 3.8) is 0 Å². The molecule has 4 rings (SSSR count). The second-order valence-corrected chi connectivity index (χ2v) is 6.22. The summed E-state index contributed by atoms with van der Waals surface area (Å²) in [7, 11) is 0. The number of hydrogen-bond donors (Lipinski definition) is 1. The minimum absolute atomic E-state index is 0.0134. The summed E-state index contributed by atoms with van der Waals surface area (Å²) in [5, 5.41) is 12.8. The Balaban J connectivity index is 1.59. The maximum absolute atomic E-state index is 11.1. The number of rotatable bonds is 4. The lowest BCUT2D eigenvalue weighted by molar-refractivity contribution is -0.383. The van der Waals surface area contributed by atoms with Gasteiger partial charge in [-0.25, -0.2) is 4.98 Å². The molecular weight excluding hydrogens is 324 g/mol. The Morgan fingerprint density at radius 1 is 1.04 bits per heavy atom. The van der Waals surface area contributed by atoms with Crippen LogP contribution >= 0.6 is 11.8 Å².